The first-order valence-corrected chi connectivity index (χ1v) is 7.22. The first-order chi connectivity index (χ1) is 9.13. The monoisotopic (exact) mass is 281 g/mol. The molecule has 1 fully saturated rings. The third kappa shape index (κ3) is 3.21. The molecule has 104 valence electrons. The van der Waals surface area contributed by atoms with Crippen molar-refractivity contribution >= 4 is 17.5 Å². The lowest BCUT2D eigenvalue weighted by Crippen LogP contribution is -2.43. The van der Waals surface area contributed by atoms with Gasteiger partial charge in [-0.15, -0.1) is 11.6 Å². The Bertz CT molecular complexity index is 450. The Hall–Kier alpha value is -1.22. The van der Waals surface area contributed by atoms with Crippen molar-refractivity contribution in [1.82, 2.24) is 4.90 Å². The van der Waals surface area contributed by atoms with Crippen molar-refractivity contribution in [1.29, 1.82) is 0 Å². The number of rotatable bonds is 3. The molecule has 2 unspecified atom stereocenters. The normalized spacial score (nSPS) is 23.2. The van der Waals surface area contributed by atoms with Crippen molar-refractivity contribution in [2.45, 2.75) is 25.6 Å². The smallest absolute Gasteiger partial charge is 0.257 e. The molecule has 1 aromatic carbocycles. The minimum absolute atomic E-state index is 0.0412. The Labute approximate surface area is 119 Å². The number of hydrogen-bond acceptors (Lipinski definition) is 2. The molecule has 1 aromatic rings. The first kappa shape index (κ1) is 14.2. The molecule has 0 spiro atoms. The molecule has 3 nitrogen and oxygen atoms in total. The Morgan fingerprint density at radius 3 is 2.89 bits per heavy atom. The number of carbonyl (C=O) groups excluding carboxylic acids is 1. The molecule has 2 rings (SSSR count). The molecule has 0 bridgehead atoms. The summed E-state index contributed by atoms with van der Waals surface area (Å²) in [5.74, 6) is 1.04. The summed E-state index contributed by atoms with van der Waals surface area (Å²) in [7, 11) is 0. The van der Waals surface area contributed by atoms with Crippen LogP contribution in [0.4, 0.5) is 0 Å². The maximum atomic E-state index is 12.6. The van der Waals surface area contributed by atoms with Crippen molar-refractivity contribution in [3.05, 3.63) is 29.8 Å². The van der Waals surface area contributed by atoms with Crippen LogP contribution in [0.5, 0.6) is 5.75 Å². The first-order valence-electron chi connectivity index (χ1n) is 6.78. The number of likely N-dealkylation sites (tertiary alicyclic amines) is 1. The number of benzene rings is 1. The second-order valence-corrected chi connectivity index (χ2v) is 5.52. The van der Waals surface area contributed by atoms with Gasteiger partial charge in [0.05, 0.1) is 12.2 Å². The molecule has 0 radical (unpaired) electrons. The van der Waals surface area contributed by atoms with Gasteiger partial charge in [0, 0.05) is 18.5 Å². The molecule has 0 N–H and O–H groups in total. The fourth-order valence-corrected chi connectivity index (χ4v) is 2.57. The van der Waals surface area contributed by atoms with Crippen LogP contribution in [0.25, 0.3) is 0 Å². The van der Waals surface area contributed by atoms with E-state index in [1.807, 2.05) is 36.1 Å². The molecule has 1 saturated heterocycles. The maximum Gasteiger partial charge on any atom is 0.257 e. The third-order valence-corrected chi connectivity index (χ3v) is 4.15. The number of halogens is 1. The molecule has 1 aliphatic heterocycles. The summed E-state index contributed by atoms with van der Waals surface area (Å²) in [6, 6.07) is 7.42. The Kier molecular flexibility index (Phi) is 4.70. The van der Waals surface area contributed by atoms with Crippen LogP contribution in [-0.2, 0) is 0 Å². The number of amides is 1. The van der Waals surface area contributed by atoms with Gasteiger partial charge in [-0.25, -0.2) is 0 Å². The molecule has 1 aliphatic rings. The van der Waals surface area contributed by atoms with Gasteiger partial charge in [-0.1, -0.05) is 19.1 Å². The lowest BCUT2D eigenvalue weighted by molar-refractivity contribution is 0.0683. The molecule has 1 heterocycles. The zero-order chi connectivity index (χ0) is 13.8. The number of hydrogen-bond donors (Lipinski definition) is 0. The second-order valence-electron chi connectivity index (χ2n) is 4.96. The molecule has 4 heteroatoms. The van der Waals surface area contributed by atoms with Gasteiger partial charge in [-0.05, 0) is 31.4 Å². The van der Waals surface area contributed by atoms with Crippen LogP contribution in [0.1, 0.15) is 30.6 Å². The van der Waals surface area contributed by atoms with Crippen molar-refractivity contribution < 1.29 is 9.53 Å². The molecular weight excluding hydrogens is 262 g/mol. The van der Waals surface area contributed by atoms with Gasteiger partial charge in [-0.3, -0.25) is 4.79 Å². The molecule has 0 saturated carbocycles. The van der Waals surface area contributed by atoms with Crippen molar-refractivity contribution in [3.63, 3.8) is 0 Å². The zero-order valence-electron chi connectivity index (χ0n) is 11.4. The summed E-state index contributed by atoms with van der Waals surface area (Å²) in [5.41, 5.74) is 0.643. The molecule has 1 amide bonds. The maximum absolute atomic E-state index is 12.6. The van der Waals surface area contributed by atoms with Crippen LogP contribution in [0.2, 0.25) is 0 Å². The van der Waals surface area contributed by atoms with E-state index < -0.39 is 0 Å². The van der Waals surface area contributed by atoms with Crippen LogP contribution in [-0.4, -0.2) is 35.9 Å². The van der Waals surface area contributed by atoms with Gasteiger partial charge in [0.15, 0.2) is 0 Å². The number of alkyl halides is 1. The van der Waals surface area contributed by atoms with Crippen LogP contribution in [0.3, 0.4) is 0 Å². The minimum atomic E-state index is 0.0412. The topological polar surface area (TPSA) is 29.5 Å². The number of ether oxygens (including phenoxy) is 1. The summed E-state index contributed by atoms with van der Waals surface area (Å²) in [5, 5.41) is 0.172. The van der Waals surface area contributed by atoms with E-state index in [1.165, 1.54) is 0 Å². The zero-order valence-corrected chi connectivity index (χ0v) is 12.2. The molecule has 2 atom stereocenters. The Balaban J connectivity index is 2.15. The van der Waals surface area contributed by atoms with Crippen LogP contribution < -0.4 is 4.74 Å². The Morgan fingerprint density at radius 2 is 2.21 bits per heavy atom. The van der Waals surface area contributed by atoms with E-state index in [2.05, 4.69) is 6.92 Å². The Morgan fingerprint density at radius 1 is 1.47 bits per heavy atom. The van der Waals surface area contributed by atoms with E-state index >= 15 is 0 Å². The molecular formula is C15H20ClNO2. The largest absolute Gasteiger partial charge is 0.493 e. The van der Waals surface area contributed by atoms with Crippen molar-refractivity contribution in [3.8, 4) is 5.75 Å². The standard InChI is InChI=1S/C15H20ClNO2/c1-3-19-14-7-5-4-6-12(14)15(18)17-9-8-13(16)11(2)10-17/h4-7,11,13H,3,8-10H2,1-2H3. The van der Waals surface area contributed by atoms with E-state index in [9.17, 15) is 4.79 Å². The van der Waals surface area contributed by atoms with Crippen molar-refractivity contribution in [2.24, 2.45) is 5.92 Å². The molecule has 0 aromatic heterocycles. The fraction of sp³-hybridized carbons (Fsp3) is 0.533. The number of carbonyl (C=O) groups is 1. The number of piperidine rings is 1. The second kappa shape index (κ2) is 6.29. The molecule has 0 aliphatic carbocycles. The highest BCUT2D eigenvalue weighted by molar-refractivity contribution is 6.20. The predicted octanol–water partition coefficient (Wildman–Crippen LogP) is 3.17. The van der Waals surface area contributed by atoms with Gasteiger partial charge >= 0.3 is 0 Å². The summed E-state index contributed by atoms with van der Waals surface area (Å²) < 4.78 is 5.52. The van der Waals surface area contributed by atoms with Gasteiger partial charge in [0.25, 0.3) is 5.91 Å². The molecule has 19 heavy (non-hydrogen) atoms. The lowest BCUT2D eigenvalue weighted by atomic mass is 9.98. The highest BCUT2D eigenvalue weighted by Gasteiger charge is 2.28. The highest BCUT2D eigenvalue weighted by atomic mass is 35.5. The SMILES string of the molecule is CCOc1ccccc1C(=O)N1CCC(Cl)C(C)C1. The van der Waals surface area contributed by atoms with Gasteiger partial charge in [0.1, 0.15) is 5.75 Å². The van der Waals surface area contributed by atoms with E-state index in [0.717, 1.165) is 13.0 Å². The fourth-order valence-electron chi connectivity index (χ4n) is 2.40. The van der Waals surface area contributed by atoms with Gasteiger partial charge in [0.2, 0.25) is 0 Å². The summed E-state index contributed by atoms with van der Waals surface area (Å²) in [6.45, 7) is 6.00. The predicted molar refractivity (Wildman–Crippen MR) is 76.9 cm³/mol. The summed E-state index contributed by atoms with van der Waals surface area (Å²) in [4.78, 5) is 14.4. The summed E-state index contributed by atoms with van der Waals surface area (Å²) in [6.07, 6.45) is 0.852. The summed E-state index contributed by atoms with van der Waals surface area (Å²) >= 11 is 6.20. The highest BCUT2D eigenvalue weighted by Crippen LogP contribution is 2.25. The van der Waals surface area contributed by atoms with E-state index in [0.29, 0.717) is 30.4 Å². The van der Waals surface area contributed by atoms with E-state index in [-0.39, 0.29) is 11.3 Å². The quantitative estimate of drug-likeness (QED) is 0.797. The van der Waals surface area contributed by atoms with Gasteiger partial charge in [-0.2, -0.15) is 0 Å². The van der Waals surface area contributed by atoms with E-state index in [1.54, 1.807) is 0 Å². The van der Waals surface area contributed by atoms with Crippen LogP contribution in [0, 0.1) is 5.92 Å². The van der Waals surface area contributed by atoms with Gasteiger partial charge < -0.3 is 9.64 Å². The number of nitrogens with zero attached hydrogens (tertiary/aromatic N) is 1. The number of para-hydroxylation sites is 1. The average molecular weight is 282 g/mol. The minimum Gasteiger partial charge on any atom is -0.493 e. The average Bonchev–Trinajstić information content (AvgIpc) is 2.42. The third-order valence-electron chi connectivity index (χ3n) is 3.51. The van der Waals surface area contributed by atoms with Crippen LogP contribution in [0.15, 0.2) is 24.3 Å². The van der Waals surface area contributed by atoms with E-state index in [4.69, 9.17) is 16.3 Å². The van der Waals surface area contributed by atoms with Crippen LogP contribution >= 0.6 is 11.6 Å². The lowest BCUT2D eigenvalue weighted by Gasteiger charge is -2.34. The van der Waals surface area contributed by atoms with Crippen molar-refractivity contribution in [2.75, 3.05) is 19.7 Å².